The van der Waals surface area contributed by atoms with E-state index >= 15 is 0 Å². The van der Waals surface area contributed by atoms with Gasteiger partial charge in [-0.1, -0.05) is 17.4 Å². The lowest BCUT2D eigenvalue weighted by atomic mass is 10.3. The van der Waals surface area contributed by atoms with Gasteiger partial charge < -0.3 is 15.6 Å². The van der Waals surface area contributed by atoms with E-state index in [0.717, 1.165) is 17.0 Å². The van der Waals surface area contributed by atoms with Crippen LogP contribution in [0.5, 0.6) is 0 Å². The van der Waals surface area contributed by atoms with Gasteiger partial charge in [-0.2, -0.15) is 0 Å². The van der Waals surface area contributed by atoms with Crippen LogP contribution in [0.15, 0.2) is 22.8 Å². The zero-order valence-corrected chi connectivity index (χ0v) is 9.89. The number of thiazole rings is 1. The number of hydrogen-bond donors (Lipinski definition) is 3. The van der Waals surface area contributed by atoms with Crippen LogP contribution in [0.2, 0.25) is 0 Å². The molecule has 5 nitrogen and oxygen atoms in total. The van der Waals surface area contributed by atoms with Crippen LogP contribution in [0.25, 0.3) is 0 Å². The van der Waals surface area contributed by atoms with Gasteiger partial charge in [0.15, 0.2) is 0 Å². The Labute approximate surface area is 97.6 Å². The summed E-state index contributed by atoms with van der Waals surface area (Å²) < 4.78 is 0. The van der Waals surface area contributed by atoms with Crippen molar-refractivity contribution in [3.63, 3.8) is 0 Å². The second-order valence-corrected chi connectivity index (χ2v) is 4.15. The molecule has 0 radical (unpaired) electrons. The standard InChI is InChI=1S/C10H15N3O2S/c1-3-4-11-9(14)7(2)12-5-8-6-16-10(15)13-8/h3,6-7,12H,1,4-5H2,2H3,(H,11,14)(H,13,15). The average molecular weight is 241 g/mol. The Morgan fingerprint density at radius 2 is 2.50 bits per heavy atom. The lowest BCUT2D eigenvalue weighted by Crippen LogP contribution is -2.41. The van der Waals surface area contributed by atoms with E-state index in [1.165, 1.54) is 0 Å². The molecule has 16 heavy (non-hydrogen) atoms. The predicted molar refractivity (Wildman–Crippen MR) is 64.4 cm³/mol. The minimum Gasteiger partial charge on any atom is -0.351 e. The number of nitrogens with one attached hydrogen (secondary N) is 3. The molecule has 6 heteroatoms. The number of aromatic nitrogens is 1. The first-order valence-corrected chi connectivity index (χ1v) is 5.80. The summed E-state index contributed by atoms with van der Waals surface area (Å²) in [6.07, 6.45) is 1.63. The Hall–Kier alpha value is -1.40. The monoisotopic (exact) mass is 241 g/mol. The normalized spacial score (nSPS) is 12.1. The van der Waals surface area contributed by atoms with Crippen molar-refractivity contribution in [3.8, 4) is 0 Å². The molecule has 88 valence electrons. The average Bonchev–Trinajstić information content (AvgIpc) is 2.68. The smallest absolute Gasteiger partial charge is 0.304 e. The summed E-state index contributed by atoms with van der Waals surface area (Å²) in [5.74, 6) is -0.0857. The van der Waals surface area contributed by atoms with Crippen molar-refractivity contribution < 1.29 is 4.79 Å². The molecule has 0 bridgehead atoms. The fourth-order valence-corrected chi connectivity index (χ4v) is 1.66. The second-order valence-electron chi connectivity index (χ2n) is 3.31. The number of aromatic amines is 1. The van der Waals surface area contributed by atoms with Crippen molar-refractivity contribution in [1.29, 1.82) is 0 Å². The lowest BCUT2D eigenvalue weighted by Gasteiger charge is -2.12. The molecule has 0 aliphatic carbocycles. The fourth-order valence-electron chi connectivity index (χ4n) is 1.08. The van der Waals surface area contributed by atoms with Crippen LogP contribution in [-0.2, 0) is 11.3 Å². The number of H-pyrrole nitrogens is 1. The van der Waals surface area contributed by atoms with E-state index in [4.69, 9.17) is 0 Å². The van der Waals surface area contributed by atoms with Gasteiger partial charge in [-0.3, -0.25) is 9.59 Å². The first kappa shape index (κ1) is 12.7. The van der Waals surface area contributed by atoms with Crippen LogP contribution in [0.3, 0.4) is 0 Å². The van der Waals surface area contributed by atoms with E-state index in [9.17, 15) is 9.59 Å². The van der Waals surface area contributed by atoms with Crippen LogP contribution in [0, 0.1) is 0 Å². The van der Waals surface area contributed by atoms with Crippen LogP contribution in [-0.4, -0.2) is 23.5 Å². The molecule has 0 saturated heterocycles. The van der Waals surface area contributed by atoms with E-state index in [1.807, 2.05) is 0 Å². The highest BCUT2D eigenvalue weighted by Crippen LogP contribution is 1.95. The molecule has 1 unspecified atom stereocenters. The molecule has 0 fully saturated rings. The van der Waals surface area contributed by atoms with Crippen molar-refractivity contribution in [2.75, 3.05) is 6.54 Å². The molecule has 0 saturated carbocycles. The van der Waals surface area contributed by atoms with Crippen LogP contribution in [0.4, 0.5) is 0 Å². The number of amides is 1. The highest BCUT2D eigenvalue weighted by Gasteiger charge is 2.10. The third-order valence-electron chi connectivity index (χ3n) is 1.98. The van der Waals surface area contributed by atoms with Crippen molar-refractivity contribution in [2.24, 2.45) is 0 Å². The molecule has 0 aliphatic heterocycles. The Balaban J connectivity index is 2.34. The number of carbonyl (C=O) groups excluding carboxylic acids is 1. The zero-order chi connectivity index (χ0) is 12.0. The summed E-state index contributed by atoms with van der Waals surface area (Å²) in [5, 5.41) is 7.44. The fraction of sp³-hybridized carbons (Fsp3) is 0.400. The molecule has 0 aliphatic rings. The summed E-state index contributed by atoms with van der Waals surface area (Å²) in [5.41, 5.74) is 0.790. The molecular formula is C10H15N3O2S. The van der Waals surface area contributed by atoms with Crippen LogP contribution in [0.1, 0.15) is 12.6 Å². The van der Waals surface area contributed by atoms with Gasteiger partial charge in [-0.25, -0.2) is 0 Å². The second kappa shape index (κ2) is 6.24. The molecule has 0 aromatic carbocycles. The number of carbonyl (C=O) groups is 1. The Morgan fingerprint density at radius 1 is 1.75 bits per heavy atom. The van der Waals surface area contributed by atoms with Gasteiger partial charge in [0.1, 0.15) is 0 Å². The predicted octanol–water partition coefficient (Wildman–Crippen LogP) is 0.217. The maximum absolute atomic E-state index is 11.4. The van der Waals surface area contributed by atoms with Gasteiger partial charge in [-0.15, -0.1) is 6.58 Å². The molecule has 1 amide bonds. The first-order chi connectivity index (χ1) is 7.63. The van der Waals surface area contributed by atoms with Gasteiger partial charge in [0.2, 0.25) is 5.91 Å². The summed E-state index contributed by atoms with van der Waals surface area (Å²) in [7, 11) is 0. The third kappa shape index (κ3) is 4.00. The summed E-state index contributed by atoms with van der Waals surface area (Å²) in [6, 6.07) is -0.302. The molecule has 1 rings (SSSR count). The van der Waals surface area contributed by atoms with Gasteiger partial charge in [-0.05, 0) is 6.92 Å². The van der Waals surface area contributed by atoms with Crippen molar-refractivity contribution in [3.05, 3.63) is 33.4 Å². The van der Waals surface area contributed by atoms with Crippen molar-refractivity contribution >= 4 is 17.2 Å². The Bertz CT molecular complexity index is 410. The van der Waals surface area contributed by atoms with E-state index < -0.39 is 0 Å². The topological polar surface area (TPSA) is 74.0 Å². The van der Waals surface area contributed by atoms with Crippen molar-refractivity contribution in [1.82, 2.24) is 15.6 Å². The van der Waals surface area contributed by atoms with E-state index in [2.05, 4.69) is 22.2 Å². The largest absolute Gasteiger partial charge is 0.351 e. The highest BCUT2D eigenvalue weighted by molar-refractivity contribution is 7.07. The van der Waals surface area contributed by atoms with Crippen LogP contribution < -0.4 is 15.5 Å². The van der Waals surface area contributed by atoms with Gasteiger partial charge in [0, 0.05) is 24.2 Å². The molecule has 1 aromatic rings. The summed E-state index contributed by atoms with van der Waals surface area (Å²) >= 11 is 1.11. The van der Waals surface area contributed by atoms with E-state index in [1.54, 1.807) is 18.4 Å². The molecule has 1 heterocycles. The maximum Gasteiger partial charge on any atom is 0.304 e. The first-order valence-electron chi connectivity index (χ1n) is 4.92. The molecular weight excluding hydrogens is 226 g/mol. The maximum atomic E-state index is 11.4. The zero-order valence-electron chi connectivity index (χ0n) is 9.08. The van der Waals surface area contributed by atoms with E-state index in [0.29, 0.717) is 13.1 Å². The Kier molecular flexibility index (Phi) is 4.94. The van der Waals surface area contributed by atoms with Gasteiger partial charge in [0.25, 0.3) is 0 Å². The minimum atomic E-state index is -0.302. The SMILES string of the molecule is C=CCNC(=O)C(C)NCc1csc(=O)[nH]1. The number of hydrogen-bond acceptors (Lipinski definition) is 4. The molecule has 0 spiro atoms. The lowest BCUT2D eigenvalue weighted by molar-refractivity contribution is -0.122. The highest BCUT2D eigenvalue weighted by atomic mass is 32.1. The van der Waals surface area contributed by atoms with Crippen LogP contribution >= 0.6 is 11.3 Å². The quantitative estimate of drug-likeness (QED) is 0.624. The minimum absolute atomic E-state index is 0.0828. The van der Waals surface area contributed by atoms with E-state index in [-0.39, 0.29) is 16.8 Å². The molecule has 3 N–H and O–H groups in total. The van der Waals surface area contributed by atoms with Gasteiger partial charge >= 0.3 is 4.87 Å². The Morgan fingerprint density at radius 3 is 3.06 bits per heavy atom. The number of rotatable bonds is 6. The summed E-state index contributed by atoms with van der Waals surface area (Å²) in [6.45, 7) is 6.21. The summed E-state index contributed by atoms with van der Waals surface area (Å²) in [4.78, 5) is 24.9. The third-order valence-corrected chi connectivity index (χ3v) is 2.70. The molecule has 1 aromatic heterocycles. The molecule has 1 atom stereocenters. The van der Waals surface area contributed by atoms with Gasteiger partial charge in [0.05, 0.1) is 6.04 Å². The van der Waals surface area contributed by atoms with Crippen molar-refractivity contribution in [2.45, 2.75) is 19.5 Å².